The molecule has 0 saturated heterocycles. The molecule has 0 saturated carbocycles. The van der Waals surface area contributed by atoms with Crippen LogP contribution in [0.4, 0.5) is 10.5 Å². The van der Waals surface area contributed by atoms with Crippen molar-refractivity contribution in [3.05, 3.63) is 102 Å². The second-order valence-corrected chi connectivity index (χ2v) is 8.52. The van der Waals surface area contributed by atoms with Crippen molar-refractivity contribution in [2.24, 2.45) is 0 Å². The van der Waals surface area contributed by atoms with Crippen LogP contribution in [0, 0.1) is 0 Å². The molecule has 4 aromatic carbocycles. The molecule has 2 amide bonds. The van der Waals surface area contributed by atoms with Gasteiger partial charge in [0.15, 0.2) is 0 Å². The van der Waals surface area contributed by atoms with Gasteiger partial charge in [-0.25, -0.2) is 10.2 Å². The number of carbonyl (C=O) groups is 2. The highest BCUT2D eigenvalue weighted by Gasteiger charge is 2.29. The van der Waals surface area contributed by atoms with Crippen LogP contribution in [0.25, 0.3) is 21.9 Å². The van der Waals surface area contributed by atoms with Gasteiger partial charge < -0.3 is 9.64 Å². The summed E-state index contributed by atoms with van der Waals surface area (Å²) in [6, 6.07) is 27.8. The summed E-state index contributed by atoms with van der Waals surface area (Å²) >= 11 is 0. The number of nitrogens with one attached hydrogen (secondary N) is 2. The van der Waals surface area contributed by atoms with Crippen LogP contribution in [-0.4, -0.2) is 37.6 Å². The second-order valence-electron chi connectivity index (χ2n) is 8.52. The zero-order chi connectivity index (χ0) is 23.7. The molecule has 0 fully saturated rings. The zero-order valence-electron chi connectivity index (χ0n) is 19.0. The van der Waals surface area contributed by atoms with Crippen LogP contribution < -0.4 is 10.9 Å². The maximum Gasteiger partial charge on any atom is 0.425 e. The first-order chi connectivity index (χ1) is 16.5. The Labute approximate surface area is 198 Å². The number of amides is 2. The molecule has 6 heteroatoms. The van der Waals surface area contributed by atoms with Crippen molar-refractivity contribution in [1.82, 2.24) is 10.3 Å². The fourth-order valence-corrected chi connectivity index (χ4v) is 4.51. The molecule has 0 bridgehead atoms. The Morgan fingerprint density at radius 2 is 1.38 bits per heavy atom. The van der Waals surface area contributed by atoms with Crippen molar-refractivity contribution in [3.63, 3.8) is 0 Å². The van der Waals surface area contributed by atoms with E-state index in [9.17, 15) is 9.59 Å². The second kappa shape index (κ2) is 8.90. The summed E-state index contributed by atoms with van der Waals surface area (Å²) in [5.41, 5.74) is 11.1. The Morgan fingerprint density at radius 3 is 2.00 bits per heavy atom. The van der Waals surface area contributed by atoms with Gasteiger partial charge in [0.05, 0.1) is 11.3 Å². The summed E-state index contributed by atoms with van der Waals surface area (Å²) in [4.78, 5) is 26.8. The molecule has 2 N–H and O–H groups in total. The van der Waals surface area contributed by atoms with Gasteiger partial charge in [0.1, 0.15) is 6.61 Å². The smallest absolute Gasteiger partial charge is 0.425 e. The van der Waals surface area contributed by atoms with Gasteiger partial charge >= 0.3 is 6.09 Å². The summed E-state index contributed by atoms with van der Waals surface area (Å²) in [6.45, 7) is 0.211. The number of hydrogen-bond acceptors (Lipinski definition) is 4. The van der Waals surface area contributed by atoms with E-state index in [-0.39, 0.29) is 18.4 Å². The molecule has 0 aromatic heterocycles. The van der Waals surface area contributed by atoms with Crippen LogP contribution in [0.15, 0.2) is 84.9 Å². The number of ether oxygens (including phenoxy) is 1. The number of hydrazine groups is 1. The first-order valence-electron chi connectivity index (χ1n) is 11.1. The Kier molecular flexibility index (Phi) is 5.64. The van der Waals surface area contributed by atoms with E-state index in [2.05, 4.69) is 35.1 Å². The highest BCUT2D eigenvalue weighted by atomic mass is 16.6. The van der Waals surface area contributed by atoms with Gasteiger partial charge in [-0.2, -0.15) is 0 Å². The third kappa shape index (κ3) is 3.94. The monoisotopic (exact) mass is 451 g/mol. The molecular formula is C28H25N3O3. The molecule has 1 aliphatic carbocycles. The molecule has 1 aliphatic rings. The summed E-state index contributed by atoms with van der Waals surface area (Å²) in [5, 5.41) is 1.90. The predicted octanol–water partition coefficient (Wildman–Crippen LogP) is 5.41. The third-order valence-electron chi connectivity index (χ3n) is 6.17. The van der Waals surface area contributed by atoms with E-state index in [1.807, 2.05) is 60.7 Å². The molecule has 0 unspecified atom stereocenters. The van der Waals surface area contributed by atoms with Gasteiger partial charge in [-0.1, -0.05) is 72.8 Å². The van der Waals surface area contributed by atoms with E-state index in [0.29, 0.717) is 11.3 Å². The average Bonchev–Trinajstić information content (AvgIpc) is 3.18. The topological polar surface area (TPSA) is 70.7 Å². The lowest BCUT2D eigenvalue weighted by molar-refractivity contribution is 0.0828. The molecule has 0 aliphatic heterocycles. The lowest BCUT2D eigenvalue weighted by atomic mass is 9.98. The fraction of sp³-hybridized carbons (Fsp3) is 0.143. The minimum atomic E-state index is -0.613. The summed E-state index contributed by atoms with van der Waals surface area (Å²) in [7, 11) is 3.39. The largest absolute Gasteiger partial charge is 0.447 e. The molecule has 0 spiro atoms. The molecule has 5 rings (SSSR count). The highest BCUT2D eigenvalue weighted by Crippen LogP contribution is 2.44. The van der Waals surface area contributed by atoms with E-state index >= 15 is 0 Å². The third-order valence-corrected chi connectivity index (χ3v) is 6.17. The van der Waals surface area contributed by atoms with Gasteiger partial charge in [-0.15, -0.1) is 0 Å². The maximum atomic E-state index is 12.7. The van der Waals surface area contributed by atoms with Crippen LogP contribution in [-0.2, 0) is 4.74 Å². The van der Waals surface area contributed by atoms with E-state index in [1.165, 1.54) is 16.0 Å². The van der Waals surface area contributed by atoms with Gasteiger partial charge in [-0.3, -0.25) is 10.2 Å². The van der Waals surface area contributed by atoms with Gasteiger partial charge in [0.2, 0.25) is 0 Å². The van der Waals surface area contributed by atoms with Crippen molar-refractivity contribution in [3.8, 4) is 11.1 Å². The number of hydrogen-bond donors (Lipinski definition) is 2. The zero-order valence-corrected chi connectivity index (χ0v) is 19.0. The van der Waals surface area contributed by atoms with Gasteiger partial charge in [0, 0.05) is 20.0 Å². The lowest BCUT2D eigenvalue weighted by Crippen LogP contribution is -2.32. The van der Waals surface area contributed by atoms with Crippen LogP contribution in [0.1, 0.15) is 27.4 Å². The Bertz CT molecular complexity index is 1350. The summed E-state index contributed by atoms with van der Waals surface area (Å²) in [6.07, 6.45) is -0.613. The molecule has 0 atom stereocenters. The molecular weight excluding hydrogens is 426 g/mol. The van der Waals surface area contributed by atoms with E-state index in [4.69, 9.17) is 4.74 Å². The van der Waals surface area contributed by atoms with Crippen molar-refractivity contribution in [2.75, 3.05) is 26.1 Å². The molecule has 0 heterocycles. The first-order valence-corrected chi connectivity index (χ1v) is 11.1. The highest BCUT2D eigenvalue weighted by molar-refractivity contribution is 6.04. The van der Waals surface area contributed by atoms with Crippen LogP contribution in [0.5, 0.6) is 0 Å². The normalized spacial score (nSPS) is 12.1. The Hall–Kier alpha value is -4.32. The molecule has 6 nitrogen and oxygen atoms in total. The van der Waals surface area contributed by atoms with E-state index < -0.39 is 6.09 Å². The minimum Gasteiger partial charge on any atom is -0.447 e. The Balaban J connectivity index is 1.31. The molecule has 34 heavy (non-hydrogen) atoms. The van der Waals surface area contributed by atoms with Crippen molar-refractivity contribution < 1.29 is 14.3 Å². The fourth-order valence-electron chi connectivity index (χ4n) is 4.51. The van der Waals surface area contributed by atoms with Crippen LogP contribution in [0.2, 0.25) is 0 Å². The number of anilines is 1. The molecule has 4 aromatic rings. The maximum absolute atomic E-state index is 12.7. The lowest BCUT2D eigenvalue weighted by Gasteiger charge is -2.18. The summed E-state index contributed by atoms with van der Waals surface area (Å²) < 4.78 is 5.59. The predicted molar refractivity (Wildman–Crippen MR) is 134 cm³/mol. The number of rotatable bonds is 5. The molecule has 170 valence electrons. The van der Waals surface area contributed by atoms with E-state index in [1.54, 1.807) is 14.1 Å². The van der Waals surface area contributed by atoms with Crippen LogP contribution in [0.3, 0.4) is 0 Å². The quantitative estimate of drug-likeness (QED) is 0.398. The molecule has 0 radical (unpaired) electrons. The minimum absolute atomic E-state index is 0.0234. The van der Waals surface area contributed by atoms with Gasteiger partial charge in [-0.05, 0) is 45.2 Å². The van der Waals surface area contributed by atoms with Crippen molar-refractivity contribution >= 4 is 28.5 Å². The summed E-state index contributed by atoms with van der Waals surface area (Å²) in [5.74, 6) is -0.188. The number of fused-ring (bicyclic) bond motifs is 4. The SMILES string of the molecule is CN(C)C(=O)c1cc2ccccc2cc1NNC(=O)OCC1c2ccccc2-c2ccccc21. The van der Waals surface area contributed by atoms with Gasteiger partial charge in [0.25, 0.3) is 5.91 Å². The average molecular weight is 452 g/mol. The van der Waals surface area contributed by atoms with Crippen molar-refractivity contribution in [1.29, 1.82) is 0 Å². The number of nitrogens with zero attached hydrogens (tertiary/aromatic N) is 1. The number of carbonyl (C=O) groups excluding carboxylic acids is 2. The van der Waals surface area contributed by atoms with Crippen LogP contribution >= 0.6 is 0 Å². The number of benzene rings is 4. The standard InChI is InChI=1S/C28H25N3O3/c1-31(2)27(32)24-15-18-9-3-4-10-19(18)16-26(24)29-30-28(33)34-17-25-22-13-7-5-11-20(22)21-12-6-8-14-23(21)25/h3-16,25,29H,17H2,1-2H3,(H,30,33). The Morgan fingerprint density at radius 1 is 0.824 bits per heavy atom. The van der Waals surface area contributed by atoms with Crippen molar-refractivity contribution in [2.45, 2.75) is 5.92 Å². The van der Waals surface area contributed by atoms with E-state index in [0.717, 1.165) is 21.9 Å². The first kappa shape index (κ1) is 21.5.